The summed E-state index contributed by atoms with van der Waals surface area (Å²) in [5, 5.41) is 19.7. The Morgan fingerprint density at radius 3 is 2.58 bits per heavy atom. The number of aliphatic hydroxyl groups is 2. The molecule has 24 heavy (non-hydrogen) atoms. The van der Waals surface area contributed by atoms with Crippen LogP contribution >= 0.6 is 0 Å². The first-order chi connectivity index (χ1) is 11.5. The molecule has 0 amide bonds. The maximum absolute atomic E-state index is 12.8. The lowest BCUT2D eigenvalue weighted by molar-refractivity contribution is 0.0344. The van der Waals surface area contributed by atoms with Gasteiger partial charge in [-0.1, -0.05) is 36.4 Å². The first-order valence-electron chi connectivity index (χ1n) is 7.92. The number of hydrogen-bond donors (Lipinski definition) is 2. The van der Waals surface area contributed by atoms with E-state index in [-0.39, 0.29) is 24.9 Å². The predicted molar refractivity (Wildman–Crippen MR) is 92.2 cm³/mol. The summed E-state index contributed by atoms with van der Waals surface area (Å²) in [6.45, 7) is 1.69. The van der Waals surface area contributed by atoms with Crippen LogP contribution in [0.2, 0.25) is 0 Å². The Bertz CT molecular complexity index is 759. The van der Waals surface area contributed by atoms with Crippen molar-refractivity contribution in [2.45, 2.75) is 18.4 Å². The van der Waals surface area contributed by atoms with Gasteiger partial charge in [0.2, 0.25) is 0 Å². The van der Waals surface area contributed by atoms with Crippen molar-refractivity contribution in [1.29, 1.82) is 0 Å². The van der Waals surface area contributed by atoms with Gasteiger partial charge in [0.05, 0.1) is 6.61 Å². The van der Waals surface area contributed by atoms with E-state index in [1.807, 2.05) is 36.4 Å². The molecule has 0 saturated heterocycles. The Hall–Kier alpha value is -2.43. The van der Waals surface area contributed by atoms with Crippen LogP contribution in [0.3, 0.4) is 0 Å². The highest BCUT2D eigenvalue weighted by Gasteiger charge is 2.41. The predicted octanol–water partition coefficient (Wildman–Crippen LogP) is 2.80. The van der Waals surface area contributed by atoms with Crippen LogP contribution in [-0.2, 0) is 0 Å². The monoisotopic (exact) mass is 324 g/mol. The Kier molecular flexibility index (Phi) is 4.51. The van der Waals surface area contributed by atoms with Crippen LogP contribution in [-0.4, -0.2) is 34.8 Å². The fraction of sp³-hybridized carbons (Fsp3) is 0.250. The number of carbonyl (C=O) groups is 1. The van der Waals surface area contributed by atoms with Gasteiger partial charge < -0.3 is 14.9 Å². The van der Waals surface area contributed by atoms with Crippen molar-refractivity contribution >= 4 is 11.9 Å². The average Bonchev–Trinajstić information content (AvgIpc) is 3.04. The molecule has 1 aliphatic carbocycles. The number of fused-ring (bicyclic) bond motifs is 1. The summed E-state index contributed by atoms with van der Waals surface area (Å²) in [7, 11) is 0. The largest absolute Gasteiger partial charge is 0.491 e. The zero-order valence-corrected chi connectivity index (χ0v) is 13.5. The Balaban J connectivity index is 1.82. The van der Waals surface area contributed by atoms with Gasteiger partial charge in [-0.25, -0.2) is 0 Å². The normalized spacial score (nSPS) is 18.0. The number of ether oxygens (including phenoxy) is 1. The molecule has 0 aromatic heterocycles. The Labute approximate surface area is 141 Å². The molecule has 2 aromatic rings. The third-order valence-electron chi connectivity index (χ3n) is 4.34. The maximum atomic E-state index is 12.8. The second kappa shape index (κ2) is 6.59. The van der Waals surface area contributed by atoms with E-state index in [0.717, 1.165) is 11.1 Å². The lowest BCUT2D eigenvalue weighted by Crippen LogP contribution is -2.40. The van der Waals surface area contributed by atoms with E-state index in [2.05, 4.69) is 0 Å². The van der Waals surface area contributed by atoms with Crippen molar-refractivity contribution in [3.63, 3.8) is 0 Å². The summed E-state index contributed by atoms with van der Waals surface area (Å²) in [6, 6.07) is 14.4. The third-order valence-corrected chi connectivity index (χ3v) is 4.34. The van der Waals surface area contributed by atoms with Gasteiger partial charge in [0, 0.05) is 11.5 Å². The van der Waals surface area contributed by atoms with Gasteiger partial charge in [-0.2, -0.15) is 0 Å². The first-order valence-corrected chi connectivity index (χ1v) is 7.92. The number of benzene rings is 2. The number of rotatable bonds is 6. The van der Waals surface area contributed by atoms with Gasteiger partial charge in [-0.3, -0.25) is 4.79 Å². The number of carbonyl (C=O) groups excluding carboxylic acids is 1. The second-order valence-electron chi connectivity index (χ2n) is 6.04. The third kappa shape index (κ3) is 2.98. The van der Waals surface area contributed by atoms with Crippen molar-refractivity contribution in [3.8, 4) is 5.75 Å². The van der Waals surface area contributed by atoms with Gasteiger partial charge in [0.1, 0.15) is 18.0 Å². The smallest absolute Gasteiger partial charge is 0.195 e. The topological polar surface area (TPSA) is 66.8 Å². The van der Waals surface area contributed by atoms with Gasteiger partial charge in [0.15, 0.2) is 5.78 Å². The Morgan fingerprint density at radius 2 is 1.88 bits per heavy atom. The zero-order chi connectivity index (χ0) is 17.2. The van der Waals surface area contributed by atoms with Gasteiger partial charge in [0.25, 0.3) is 0 Å². The highest BCUT2D eigenvalue weighted by Crippen LogP contribution is 2.39. The molecule has 0 aliphatic heterocycles. The minimum atomic E-state index is -1.53. The lowest BCUT2D eigenvalue weighted by atomic mass is 9.80. The Morgan fingerprint density at radius 1 is 1.17 bits per heavy atom. The minimum Gasteiger partial charge on any atom is -0.491 e. The summed E-state index contributed by atoms with van der Waals surface area (Å²) in [5.41, 5.74) is 0.882. The van der Waals surface area contributed by atoms with E-state index >= 15 is 0 Å². The van der Waals surface area contributed by atoms with Crippen LogP contribution in [0.25, 0.3) is 6.08 Å². The molecule has 4 heteroatoms. The van der Waals surface area contributed by atoms with Crippen molar-refractivity contribution in [2.24, 2.45) is 0 Å². The van der Waals surface area contributed by atoms with Gasteiger partial charge in [-0.15, -0.1) is 0 Å². The molecule has 3 rings (SSSR count). The molecule has 2 atom stereocenters. The van der Waals surface area contributed by atoms with Crippen LogP contribution in [0.1, 0.15) is 34.3 Å². The molecular weight excluding hydrogens is 304 g/mol. The molecule has 0 radical (unpaired) electrons. The van der Waals surface area contributed by atoms with Crippen LogP contribution in [0.4, 0.5) is 0 Å². The summed E-state index contributed by atoms with van der Waals surface area (Å²) in [5.74, 6) is -0.125. The van der Waals surface area contributed by atoms with Gasteiger partial charge in [-0.05, 0) is 42.3 Å². The summed E-state index contributed by atoms with van der Waals surface area (Å²) in [6.07, 6.45) is 3.81. The molecule has 2 N–H and O–H groups in total. The molecule has 0 saturated carbocycles. The minimum absolute atomic E-state index is 0.0667. The fourth-order valence-corrected chi connectivity index (χ4v) is 3.04. The SMILES string of the molecule is CC(O)(C(=O)c1ccc(OCCO)cc1)C1C=Cc2ccccc21. The molecule has 124 valence electrons. The summed E-state index contributed by atoms with van der Waals surface area (Å²) in [4.78, 5) is 12.8. The fourth-order valence-electron chi connectivity index (χ4n) is 3.04. The van der Waals surface area contributed by atoms with Crippen LogP contribution in [0.5, 0.6) is 5.75 Å². The average molecular weight is 324 g/mol. The van der Waals surface area contributed by atoms with E-state index in [1.54, 1.807) is 31.2 Å². The zero-order valence-electron chi connectivity index (χ0n) is 13.5. The van der Waals surface area contributed by atoms with Crippen molar-refractivity contribution in [2.75, 3.05) is 13.2 Å². The highest BCUT2D eigenvalue weighted by molar-refractivity contribution is 6.03. The molecule has 2 aromatic carbocycles. The van der Waals surface area contributed by atoms with Crippen molar-refractivity contribution < 1.29 is 19.7 Å². The first kappa shape index (κ1) is 16.4. The van der Waals surface area contributed by atoms with Gasteiger partial charge >= 0.3 is 0 Å². The molecule has 0 bridgehead atoms. The van der Waals surface area contributed by atoms with Crippen LogP contribution < -0.4 is 4.74 Å². The van der Waals surface area contributed by atoms with E-state index < -0.39 is 5.60 Å². The van der Waals surface area contributed by atoms with Crippen LogP contribution in [0, 0.1) is 0 Å². The second-order valence-corrected chi connectivity index (χ2v) is 6.04. The van der Waals surface area contributed by atoms with E-state index in [9.17, 15) is 9.90 Å². The quantitative estimate of drug-likeness (QED) is 0.802. The number of Topliss-reactive ketones (excluding diaryl/α,β-unsaturated/α-hetero) is 1. The van der Waals surface area contributed by atoms with E-state index in [0.29, 0.717) is 11.3 Å². The van der Waals surface area contributed by atoms with E-state index in [1.165, 1.54) is 0 Å². The summed E-state index contributed by atoms with van der Waals surface area (Å²) < 4.78 is 5.29. The molecule has 0 heterocycles. The number of ketones is 1. The molecule has 0 fully saturated rings. The molecule has 1 aliphatic rings. The number of aliphatic hydroxyl groups excluding tert-OH is 1. The van der Waals surface area contributed by atoms with Crippen molar-refractivity contribution in [1.82, 2.24) is 0 Å². The molecule has 2 unspecified atom stereocenters. The highest BCUT2D eigenvalue weighted by atomic mass is 16.5. The molecular formula is C20H20O4. The standard InChI is InChI=1S/C20H20O4/c1-20(23,18-11-8-14-4-2-3-5-17(14)18)19(22)15-6-9-16(10-7-15)24-13-12-21/h2-11,18,21,23H,12-13H2,1H3. The maximum Gasteiger partial charge on any atom is 0.195 e. The lowest BCUT2D eigenvalue weighted by Gasteiger charge is -2.28. The van der Waals surface area contributed by atoms with E-state index in [4.69, 9.17) is 9.84 Å². The number of hydrogen-bond acceptors (Lipinski definition) is 4. The summed E-state index contributed by atoms with van der Waals surface area (Å²) >= 11 is 0. The van der Waals surface area contributed by atoms with Crippen LogP contribution in [0.15, 0.2) is 54.6 Å². The molecule has 0 spiro atoms. The molecule has 4 nitrogen and oxygen atoms in total. The van der Waals surface area contributed by atoms with Crippen molar-refractivity contribution in [3.05, 3.63) is 71.3 Å².